The molecule has 0 radical (unpaired) electrons. The number of hydrogen-bond donors (Lipinski definition) is 1. The molecule has 3 rings (SSSR count). The largest absolute Gasteiger partial charge is 0.373 e. The average Bonchev–Trinajstić information content (AvgIpc) is 2.80. The SMILES string of the molecule is CCOC1Cc2ccccc2N(C(=O)NCCCN(C)C)c2ccccc21. The normalized spacial score (nSPS) is 15.9. The van der Waals surface area contributed by atoms with Gasteiger partial charge in [-0.3, -0.25) is 4.90 Å². The van der Waals surface area contributed by atoms with Crippen LogP contribution in [0.5, 0.6) is 0 Å². The third-order valence-corrected chi connectivity index (χ3v) is 4.79. The van der Waals surface area contributed by atoms with Gasteiger partial charge in [-0.05, 0) is 51.7 Å². The monoisotopic (exact) mass is 367 g/mol. The van der Waals surface area contributed by atoms with Gasteiger partial charge >= 0.3 is 6.03 Å². The van der Waals surface area contributed by atoms with E-state index >= 15 is 0 Å². The molecule has 0 aliphatic carbocycles. The molecule has 0 spiro atoms. The number of carbonyl (C=O) groups is 1. The number of nitrogens with zero attached hydrogens (tertiary/aromatic N) is 2. The molecule has 1 heterocycles. The van der Waals surface area contributed by atoms with Crippen molar-refractivity contribution in [1.29, 1.82) is 0 Å². The summed E-state index contributed by atoms with van der Waals surface area (Å²) in [4.78, 5) is 17.1. The quantitative estimate of drug-likeness (QED) is 0.781. The maximum Gasteiger partial charge on any atom is 0.326 e. The van der Waals surface area contributed by atoms with Gasteiger partial charge in [0.2, 0.25) is 0 Å². The lowest BCUT2D eigenvalue weighted by atomic mass is 10.0. The van der Waals surface area contributed by atoms with E-state index in [1.807, 2.05) is 57.4 Å². The number of fused-ring (bicyclic) bond motifs is 2. The number of anilines is 2. The van der Waals surface area contributed by atoms with Gasteiger partial charge in [0.15, 0.2) is 0 Å². The van der Waals surface area contributed by atoms with E-state index in [0.717, 1.165) is 41.9 Å². The molecule has 0 saturated heterocycles. The van der Waals surface area contributed by atoms with Crippen LogP contribution in [-0.4, -0.2) is 44.7 Å². The molecule has 2 aromatic carbocycles. The second-order valence-electron chi connectivity index (χ2n) is 7.06. The van der Waals surface area contributed by atoms with Crippen LogP contribution < -0.4 is 10.2 Å². The fraction of sp³-hybridized carbons (Fsp3) is 0.409. The van der Waals surface area contributed by atoms with E-state index in [0.29, 0.717) is 13.2 Å². The number of para-hydroxylation sites is 2. The minimum Gasteiger partial charge on any atom is -0.373 e. The lowest BCUT2D eigenvalue weighted by Gasteiger charge is -2.25. The molecule has 2 amide bonds. The maximum absolute atomic E-state index is 13.1. The molecule has 1 N–H and O–H groups in total. The molecule has 0 saturated carbocycles. The molecule has 0 bridgehead atoms. The van der Waals surface area contributed by atoms with Crippen LogP contribution in [0, 0.1) is 0 Å². The Bertz CT molecular complexity index is 776. The highest BCUT2D eigenvalue weighted by atomic mass is 16.5. The predicted molar refractivity (Wildman–Crippen MR) is 110 cm³/mol. The van der Waals surface area contributed by atoms with E-state index in [1.54, 1.807) is 4.90 Å². The van der Waals surface area contributed by atoms with Crippen LogP contribution in [0.4, 0.5) is 16.2 Å². The highest BCUT2D eigenvalue weighted by Gasteiger charge is 2.30. The smallest absolute Gasteiger partial charge is 0.326 e. The van der Waals surface area contributed by atoms with E-state index in [2.05, 4.69) is 22.3 Å². The van der Waals surface area contributed by atoms with Crippen LogP contribution in [0.25, 0.3) is 0 Å². The van der Waals surface area contributed by atoms with Gasteiger partial charge in [-0.2, -0.15) is 0 Å². The van der Waals surface area contributed by atoms with E-state index in [9.17, 15) is 4.79 Å². The van der Waals surface area contributed by atoms with Crippen LogP contribution >= 0.6 is 0 Å². The van der Waals surface area contributed by atoms with Crippen molar-refractivity contribution in [1.82, 2.24) is 10.2 Å². The number of urea groups is 1. The Morgan fingerprint density at radius 2 is 1.85 bits per heavy atom. The highest BCUT2D eigenvalue weighted by molar-refractivity contribution is 6.01. The number of ether oxygens (including phenoxy) is 1. The molecule has 27 heavy (non-hydrogen) atoms. The second-order valence-corrected chi connectivity index (χ2v) is 7.06. The number of rotatable bonds is 6. The first-order valence-corrected chi connectivity index (χ1v) is 9.63. The first kappa shape index (κ1) is 19.4. The third kappa shape index (κ3) is 4.49. The summed E-state index contributed by atoms with van der Waals surface area (Å²) in [6.07, 6.45) is 1.61. The zero-order chi connectivity index (χ0) is 19.2. The van der Waals surface area contributed by atoms with Crippen molar-refractivity contribution in [3.8, 4) is 0 Å². The van der Waals surface area contributed by atoms with Gasteiger partial charge in [-0.15, -0.1) is 0 Å². The Hall–Kier alpha value is -2.37. The summed E-state index contributed by atoms with van der Waals surface area (Å²) in [7, 11) is 4.08. The molecular weight excluding hydrogens is 338 g/mol. The van der Waals surface area contributed by atoms with Gasteiger partial charge in [0.25, 0.3) is 0 Å². The van der Waals surface area contributed by atoms with Crippen LogP contribution in [0.15, 0.2) is 48.5 Å². The zero-order valence-electron chi connectivity index (χ0n) is 16.4. The van der Waals surface area contributed by atoms with Gasteiger partial charge in [0, 0.05) is 25.1 Å². The Morgan fingerprint density at radius 1 is 1.15 bits per heavy atom. The summed E-state index contributed by atoms with van der Waals surface area (Å²) in [5, 5.41) is 3.08. The Kier molecular flexibility index (Phi) is 6.48. The molecule has 1 unspecified atom stereocenters. The Labute approximate surface area is 161 Å². The Balaban J connectivity index is 1.94. The van der Waals surface area contributed by atoms with Gasteiger partial charge in [0.1, 0.15) is 0 Å². The summed E-state index contributed by atoms with van der Waals surface area (Å²) in [6.45, 7) is 4.24. The summed E-state index contributed by atoms with van der Waals surface area (Å²) < 4.78 is 6.04. The number of nitrogens with one attached hydrogen (secondary N) is 1. The maximum atomic E-state index is 13.1. The summed E-state index contributed by atoms with van der Waals surface area (Å²) in [6, 6.07) is 16.1. The molecule has 0 aromatic heterocycles. The summed E-state index contributed by atoms with van der Waals surface area (Å²) in [5.74, 6) is 0. The van der Waals surface area contributed by atoms with Crippen LogP contribution in [0.1, 0.15) is 30.6 Å². The number of benzene rings is 2. The molecular formula is C22H29N3O2. The molecule has 0 fully saturated rings. The fourth-order valence-corrected chi connectivity index (χ4v) is 3.54. The van der Waals surface area contributed by atoms with E-state index in [-0.39, 0.29) is 12.1 Å². The highest BCUT2D eigenvalue weighted by Crippen LogP contribution is 2.41. The number of carbonyl (C=O) groups excluding carboxylic acids is 1. The number of amides is 2. The molecule has 2 aromatic rings. The first-order chi connectivity index (χ1) is 13.1. The standard InChI is InChI=1S/C22H29N3O2/c1-4-27-21-16-17-10-5-7-12-19(17)25(20-13-8-6-11-18(20)21)22(26)23-14-9-15-24(2)3/h5-8,10-13,21H,4,9,14-16H2,1-3H3,(H,23,26). The topological polar surface area (TPSA) is 44.8 Å². The van der Waals surface area contributed by atoms with Crippen molar-refractivity contribution in [2.75, 3.05) is 38.7 Å². The van der Waals surface area contributed by atoms with Crippen molar-refractivity contribution in [3.05, 3.63) is 59.7 Å². The van der Waals surface area contributed by atoms with Crippen LogP contribution in [0.2, 0.25) is 0 Å². The summed E-state index contributed by atoms with van der Waals surface area (Å²) in [5.41, 5.74) is 4.00. The molecule has 5 heteroatoms. The zero-order valence-corrected chi connectivity index (χ0v) is 16.4. The van der Waals surface area contributed by atoms with E-state index < -0.39 is 0 Å². The molecule has 144 valence electrons. The molecule has 1 atom stereocenters. The number of hydrogen-bond acceptors (Lipinski definition) is 3. The fourth-order valence-electron chi connectivity index (χ4n) is 3.54. The van der Waals surface area contributed by atoms with Crippen molar-refractivity contribution >= 4 is 17.4 Å². The lowest BCUT2D eigenvalue weighted by molar-refractivity contribution is 0.0638. The van der Waals surface area contributed by atoms with Gasteiger partial charge in [-0.1, -0.05) is 36.4 Å². The van der Waals surface area contributed by atoms with Crippen LogP contribution in [0.3, 0.4) is 0 Å². The minimum absolute atomic E-state index is 0.0566. The second kappa shape index (κ2) is 9.02. The lowest BCUT2D eigenvalue weighted by Crippen LogP contribution is -2.38. The van der Waals surface area contributed by atoms with Crippen molar-refractivity contribution < 1.29 is 9.53 Å². The van der Waals surface area contributed by atoms with Crippen molar-refractivity contribution in [2.24, 2.45) is 0 Å². The third-order valence-electron chi connectivity index (χ3n) is 4.79. The first-order valence-electron chi connectivity index (χ1n) is 9.63. The average molecular weight is 367 g/mol. The molecule has 1 aliphatic rings. The van der Waals surface area contributed by atoms with Crippen molar-refractivity contribution in [3.63, 3.8) is 0 Å². The van der Waals surface area contributed by atoms with E-state index in [4.69, 9.17) is 4.74 Å². The van der Waals surface area contributed by atoms with Gasteiger partial charge < -0.3 is 15.0 Å². The summed E-state index contributed by atoms with van der Waals surface area (Å²) >= 11 is 0. The van der Waals surface area contributed by atoms with Gasteiger partial charge in [-0.25, -0.2) is 4.79 Å². The Morgan fingerprint density at radius 3 is 2.59 bits per heavy atom. The molecule has 5 nitrogen and oxygen atoms in total. The predicted octanol–water partition coefficient (Wildman–Crippen LogP) is 4.12. The van der Waals surface area contributed by atoms with Gasteiger partial charge in [0.05, 0.1) is 17.5 Å². The van der Waals surface area contributed by atoms with Crippen LogP contribution in [-0.2, 0) is 11.2 Å². The van der Waals surface area contributed by atoms with E-state index in [1.165, 1.54) is 0 Å². The van der Waals surface area contributed by atoms with Crippen molar-refractivity contribution in [2.45, 2.75) is 25.9 Å². The minimum atomic E-state index is -0.0918. The molecule has 1 aliphatic heterocycles.